The molecule has 0 aromatic heterocycles. The number of piperazine rings is 2. The molecule has 0 radical (unpaired) electrons. The normalized spacial score (nSPS) is 22.2. The molecular formula is C22H32N4O2. The van der Waals surface area contributed by atoms with Gasteiger partial charge < -0.3 is 9.80 Å². The second-order valence-electron chi connectivity index (χ2n) is 8.44. The zero-order valence-corrected chi connectivity index (χ0v) is 17.0. The zero-order valence-electron chi connectivity index (χ0n) is 17.0. The molecule has 6 heteroatoms. The molecule has 1 aromatic rings. The van der Waals surface area contributed by atoms with Gasteiger partial charge in [-0.2, -0.15) is 0 Å². The molecule has 2 saturated heterocycles. The van der Waals surface area contributed by atoms with Crippen LogP contribution in [0.4, 0.5) is 0 Å². The van der Waals surface area contributed by atoms with Gasteiger partial charge in [0, 0.05) is 64.0 Å². The van der Waals surface area contributed by atoms with Crippen LogP contribution >= 0.6 is 0 Å². The van der Waals surface area contributed by atoms with E-state index < -0.39 is 0 Å². The Kier molecular flexibility index (Phi) is 5.97. The van der Waals surface area contributed by atoms with E-state index >= 15 is 0 Å². The van der Waals surface area contributed by atoms with Crippen molar-refractivity contribution >= 4 is 11.8 Å². The van der Waals surface area contributed by atoms with E-state index in [1.165, 1.54) is 19.3 Å². The predicted octanol–water partition coefficient (Wildman–Crippen LogP) is 1.45. The van der Waals surface area contributed by atoms with Crippen LogP contribution in [0.1, 0.15) is 35.2 Å². The third kappa shape index (κ3) is 4.39. The van der Waals surface area contributed by atoms with Gasteiger partial charge in [0.1, 0.15) is 0 Å². The van der Waals surface area contributed by atoms with Gasteiger partial charge in [-0.1, -0.05) is 24.1 Å². The van der Waals surface area contributed by atoms with Gasteiger partial charge in [0.05, 0.1) is 6.54 Å². The third-order valence-corrected chi connectivity index (χ3v) is 6.54. The van der Waals surface area contributed by atoms with Crippen molar-refractivity contribution in [1.82, 2.24) is 19.6 Å². The number of carbonyl (C=O) groups excluding carboxylic acids is 2. The Balaban J connectivity index is 1.21. The van der Waals surface area contributed by atoms with E-state index in [1.807, 2.05) is 41.0 Å². The molecule has 0 N–H and O–H groups in total. The minimum absolute atomic E-state index is 0.0989. The Bertz CT molecular complexity index is 702. The number of benzene rings is 1. The highest BCUT2D eigenvalue weighted by atomic mass is 16.2. The average Bonchev–Trinajstić information content (AvgIpc) is 2.67. The summed E-state index contributed by atoms with van der Waals surface area (Å²) in [5.74, 6) is 0.341. The number of nitrogens with zero attached hydrogens (tertiary/aromatic N) is 4. The summed E-state index contributed by atoms with van der Waals surface area (Å²) in [5.41, 5.74) is 1.86. The van der Waals surface area contributed by atoms with Crippen molar-refractivity contribution in [2.45, 2.75) is 32.2 Å². The first-order valence-corrected chi connectivity index (χ1v) is 10.7. The van der Waals surface area contributed by atoms with E-state index in [2.05, 4.69) is 9.80 Å². The van der Waals surface area contributed by atoms with Crippen LogP contribution in [0.3, 0.4) is 0 Å². The number of carbonyl (C=O) groups is 2. The van der Waals surface area contributed by atoms with E-state index in [4.69, 9.17) is 0 Å². The fraction of sp³-hybridized carbons (Fsp3) is 0.636. The highest BCUT2D eigenvalue weighted by Gasteiger charge is 2.30. The summed E-state index contributed by atoms with van der Waals surface area (Å²) in [4.78, 5) is 34.0. The summed E-state index contributed by atoms with van der Waals surface area (Å²) < 4.78 is 0. The fourth-order valence-corrected chi connectivity index (χ4v) is 4.45. The molecule has 3 aliphatic rings. The summed E-state index contributed by atoms with van der Waals surface area (Å²) >= 11 is 0. The fourth-order valence-electron chi connectivity index (χ4n) is 4.45. The SMILES string of the molecule is Cc1cccc(C(=O)N2CCN(CC(=O)N3CCN(C4CCC4)CC3)CC2)c1. The maximum Gasteiger partial charge on any atom is 0.253 e. The van der Waals surface area contributed by atoms with Crippen LogP contribution in [0.25, 0.3) is 0 Å². The van der Waals surface area contributed by atoms with Gasteiger partial charge in [0.2, 0.25) is 5.91 Å². The van der Waals surface area contributed by atoms with Gasteiger partial charge in [0.25, 0.3) is 5.91 Å². The Morgan fingerprint density at radius 3 is 2.21 bits per heavy atom. The molecule has 1 aromatic carbocycles. The maximum atomic E-state index is 12.7. The lowest BCUT2D eigenvalue weighted by Gasteiger charge is -2.43. The van der Waals surface area contributed by atoms with Gasteiger partial charge in [-0.15, -0.1) is 0 Å². The minimum atomic E-state index is 0.0989. The molecular weight excluding hydrogens is 352 g/mol. The van der Waals surface area contributed by atoms with Crippen molar-refractivity contribution in [3.05, 3.63) is 35.4 Å². The Morgan fingerprint density at radius 2 is 1.61 bits per heavy atom. The van der Waals surface area contributed by atoms with Crippen molar-refractivity contribution in [2.24, 2.45) is 0 Å². The van der Waals surface area contributed by atoms with Crippen molar-refractivity contribution in [3.63, 3.8) is 0 Å². The van der Waals surface area contributed by atoms with E-state index in [0.29, 0.717) is 19.6 Å². The second kappa shape index (κ2) is 8.62. The first kappa shape index (κ1) is 19.4. The molecule has 1 aliphatic carbocycles. The van der Waals surface area contributed by atoms with Crippen LogP contribution < -0.4 is 0 Å². The number of rotatable bonds is 4. The van der Waals surface area contributed by atoms with Crippen LogP contribution in [-0.4, -0.2) is 96.4 Å². The summed E-state index contributed by atoms with van der Waals surface area (Å²) in [6.45, 7) is 9.18. The summed E-state index contributed by atoms with van der Waals surface area (Å²) in [7, 11) is 0. The van der Waals surface area contributed by atoms with Gasteiger partial charge in [-0.25, -0.2) is 0 Å². The van der Waals surface area contributed by atoms with Gasteiger partial charge in [0.15, 0.2) is 0 Å². The topological polar surface area (TPSA) is 47.1 Å². The highest BCUT2D eigenvalue weighted by Crippen LogP contribution is 2.25. The lowest BCUT2D eigenvalue weighted by Crippen LogP contribution is -2.56. The molecule has 152 valence electrons. The first-order valence-electron chi connectivity index (χ1n) is 10.7. The van der Waals surface area contributed by atoms with Crippen molar-refractivity contribution in [3.8, 4) is 0 Å². The Hall–Kier alpha value is -1.92. The lowest BCUT2D eigenvalue weighted by atomic mass is 9.91. The molecule has 2 heterocycles. The number of hydrogen-bond acceptors (Lipinski definition) is 4. The molecule has 0 spiro atoms. The van der Waals surface area contributed by atoms with Crippen LogP contribution in [0.5, 0.6) is 0 Å². The second-order valence-corrected chi connectivity index (χ2v) is 8.44. The molecule has 4 rings (SSSR count). The molecule has 3 fully saturated rings. The first-order chi connectivity index (χ1) is 13.6. The average molecular weight is 385 g/mol. The predicted molar refractivity (Wildman–Crippen MR) is 109 cm³/mol. The van der Waals surface area contributed by atoms with Crippen molar-refractivity contribution < 1.29 is 9.59 Å². The molecule has 1 saturated carbocycles. The van der Waals surface area contributed by atoms with Crippen LogP contribution in [0.2, 0.25) is 0 Å². The van der Waals surface area contributed by atoms with E-state index in [-0.39, 0.29) is 11.8 Å². The van der Waals surface area contributed by atoms with E-state index in [1.54, 1.807) is 0 Å². The number of amides is 2. The molecule has 6 nitrogen and oxygen atoms in total. The van der Waals surface area contributed by atoms with Gasteiger partial charge in [-0.05, 0) is 31.9 Å². The van der Waals surface area contributed by atoms with Gasteiger partial charge in [-0.3, -0.25) is 19.4 Å². The van der Waals surface area contributed by atoms with Gasteiger partial charge >= 0.3 is 0 Å². The number of hydrogen-bond donors (Lipinski definition) is 0. The molecule has 2 aliphatic heterocycles. The minimum Gasteiger partial charge on any atom is -0.339 e. The van der Waals surface area contributed by atoms with Crippen LogP contribution in [0, 0.1) is 6.92 Å². The molecule has 0 atom stereocenters. The smallest absolute Gasteiger partial charge is 0.253 e. The molecule has 2 amide bonds. The quantitative estimate of drug-likeness (QED) is 0.788. The summed E-state index contributed by atoms with van der Waals surface area (Å²) in [6, 6.07) is 8.54. The highest BCUT2D eigenvalue weighted by molar-refractivity contribution is 5.94. The monoisotopic (exact) mass is 384 g/mol. The largest absolute Gasteiger partial charge is 0.339 e. The molecule has 0 unspecified atom stereocenters. The van der Waals surface area contributed by atoms with Crippen LogP contribution in [0.15, 0.2) is 24.3 Å². The third-order valence-electron chi connectivity index (χ3n) is 6.54. The lowest BCUT2D eigenvalue weighted by molar-refractivity contribution is -0.135. The molecule has 0 bridgehead atoms. The Morgan fingerprint density at radius 1 is 0.929 bits per heavy atom. The zero-order chi connectivity index (χ0) is 19.5. The summed E-state index contributed by atoms with van der Waals surface area (Å²) in [6.07, 6.45) is 4.03. The Labute approximate surface area is 168 Å². The van der Waals surface area contributed by atoms with E-state index in [9.17, 15) is 9.59 Å². The standard InChI is InChI=1S/C22H32N4O2/c1-18-4-2-5-19(16-18)22(28)26-10-8-23(9-11-26)17-21(27)25-14-12-24(13-15-25)20-6-3-7-20/h2,4-5,16,20H,3,6-15,17H2,1H3. The van der Waals surface area contributed by atoms with Crippen molar-refractivity contribution in [2.75, 3.05) is 58.9 Å². The molecule has 28 heavy (non-hydrogen) atoms. The number of aryl methyl sites for hydroxylation is 1. The van der Waals surface area contributed by atoms with Crippen LogP contribution in [-0.2, 0) is 4.79 Å². The van der Waals surface area contributed by atoms with Crippen molar-refractivity contribution in [1.29, 1.82) is 0 Å². The summed E-state index contributed by atoms with van der Waals surface area (Å²) in [5, 5.41) is 0. The maximum absolute atomic E-state index is 12.7. The van der Waals surface area contributed by atoms with E-state index in [0.717, 1.165) is 56.4 Å².